The first-order chi connectivity index (χ1) is 9.15. The Kier molecular flexibility index (Phi) is 2.71. The van der Waals surface area contributed by atoms with E-state index in [9.17, 15) is 4.79 Å². The van der Waals surface area contributed by atoms with Crippen LogP contribution in [0.3, 0.4) is 0 Å². The predicted molar refractivity (Wildman–Crippen MR) is 79.5 cm³/mol. The summed E-state index contributed by atoms with van der Waals surface area (Å²) in [6.45, 7) is 4.10. The SMILES string of the molecule is Cc1cc(C)c2[nH]c(=O)cc(-c3ccccc3)c2c1. The van der Waals surface area contributed by atoms with Crippen molar-refractivity contribution >= 4 is 10.9 Å². The van der Waals surface area contributed by atoms with E-state index < -0.39 is 0 Å². The summed E-state index contributed by atoms with van der Waals surface area (Å²) in [5.74, 6) is 0. The molecule has 1 N–H and O–H groups in total. The number of hydrogen-bond donors (Lipinski definition) is 1. The molecule has 0 radical (unpaired) electrons. The largest absolute Gasteiger partial charge is 0.322 e. The molecule has 0 fully saturated rings. The van der Waals surface area contributed by atoms with Gasteiger partial charge in [0.05, 0.1) is 5.52 Å². The van der Waals surface area contributed by atoms with Crippen molar-refractivity contribution in [3.63, 3.8) is 0 Å². The molecular formula is C17H15NO. The molecule has 0 bridgehead atoms. The summed E-state index contributed by atoms with van der Waals surface area (Å²) in [5, 5.41) is 1.10. The summed E-state index contributed by atoms with van der Waals surface area (Å²) in [6, 6.07) is 15.9. The zero-order chi connectivity index (χ0) is 13.4. The first-order valence-electron chi connectivity index (χ1n) is 6.35. The average Bonchev–Trinajstić information content (AvgIpc) is 2.40. The van der Waals surface area contributed by atoms with Gasteiger partial charge in [-0.25, -0.2) is 0 Å². The van der Waals surface area contributed by atoms with Crippen molar-refractivity contribution in [2.45, 2.75) is 13.8 Å². The Morgan fingerprint density at radius 2 is 1.68 bits per heavy atom. The lowest BCUT2D eigenvalue weighted by atomic mass is 9.98. The van der Waals surface area contributed by atoms with Crippen molar-refractivity contribution in [1.29, 1.82) is 0 Å². The maximum absolute atomic E-state index is 11.9. The number of fused-ring (bicyclic) bond motifs is 1. The number of aromatic nitrogens is 1. The smallest absolute Gasteiger partial charge is 0.249 e. The minimum Gasteiger partial charge on any atom is -0.322 e. The number of aryl methyl sites for hydroxylation is 2. The van der Waals surface area contributed by atoms with Crippen molar-refractivity contribution in [1.82, 2.24) is 4.98 Å². The van der Waals surface area contributed by atoms with Crippen LogP contribution in [0.25, 0.3) is 22.0 Å². The number of rotatable bonds is 1. The van der Waals surface area contributed by atoms with Gasteiger partial charge in [-0.05, 0) is 36.6 Å². The molecule has 1 heterocycles. The quantitative estimate of drug-likeness (QED) is 0.699. The Labute approximate surface area is 111 Å². The number of aromatic amines is 1. The van der Waals surface area contributed by atoms with Gasteiger partial charge in [0.15, 0.2) is 0 Å². The van der Waals surface area contributed by atoms with Crippen LogP contribution in [0.15, 0.2) is 53.3 Å². The van der Waals surface area contributed by atoms with Crippen molar-refractivity contribution in [2.75, 3.05) is 0 Å². The van der Waals surface area contributed by atoms with Crippen LogP contribution in [0.2, 0.25) is 0 Å². The summed E-state index contributed by atoms with van der Waals surface area (Å²) in [6.07, 6.45) is 0. The topological polar surface area (TPSA) is 32.9 Å². The number of H-pyrrole nitrogens is 1. The van der Waals surface area contributed by atoms with Gasteiger partial charge >= 0.3 is 0 Å². The predicted octanol–water partition coefficient (Wildman–Crippen LogP) is 3.81. The van der Waals surface area contributed by atoms with Gasteiger partial charge in [-0.15, -0.1) is 0 Å². The summed E-state index contributed by atoms with van der Waals surface area (Å²) in [4.78, 5) is 14.8. The highest BCUT2D eigenvalue weighted by molar-refractivity contribution is 5.96. The molecule has 2 aromatic carbocycles. The van der Waals surface area contributed by atoms with Crippen LogP contribution in [0.4, 0.5) is 0 Å². The molecule has 19 heavy (non-hydrogen) atoms. The number of nitrogens with one attached hydrogen (secondary N) is 1. The molecule has 94 valence electrons. The lowest BCUT2D eigenvalue weighted by molar-refractivity contribution is 1.27. The molecule has 0 unspecified atom stereocenters. The second kappa shape index (κ2) is 4.39. The van der Waals surface area contributed by atoms with Crippen molar-refractivity contribution in [3.05, 3.63) is 70.0 Å². The molecule has 0 aliphatic heterocycles. The van der Waals surface area contributed by atoms with Crippen LogP contribution in [0.1, 0.15) is 11.1 Å². The van der Waals surface area contributed by atoms with E-state index in [4.69, 9.17) is 0 Å². The van der Waals surface area contributed by atoms with Crippen LogP contribution in [-0.2, 0) is 0 Å². The van der Waals surface area contributed by atoms with Crippen LogP contribution in [0.5, 0.6) is 0 Å². The van der Waals surface area contributed by atoms with Crippen LogP contribution < -0.4 is 5.56 Å². The third-order valence-corrected chi connectivity index (χ3v) is 3.38. The van der Waals surface area contributed by atoms with Gasteiger partial charge in [0.2, 0.25) is 5.56 Å². The van der Waals surface area contributed by atoms with E-state index in [2.05, 4.69) is 24.0 Å². The van der Waals surface area contributed by atoms with E-state index in [-0.39, 0.29) is 5.56 Å². The highest BCUT2D eigenvalue weighted by atomic mass is 16.1. The number of pyridine rings is 1. The monoisotopic (exact) mass is 249 g/mol. The molecule has 2 heteroatoms. The molecule has 0 saturated carbocycles. The van der Waals surface area contributed by atoms with Gasteiger partial charge in [-0.3, -0.25) is 4.79 Å². The number of benzene rings is 2. The Morgan fingerprint density at radius 3 is 2.42 bits per heavy atom. The molecular weight excluding hydrogens is 234 g/mol. The number of hydrogen-bond acceptors (Lipinski definition) is 1. The fourth-order valence-electron chi connectivity index (χ4n) is 2.57. The minimum absolute atomic E-state index is 0.0571. The van der Waals surface area contributed by atoms with Gasteiger partial charge in [-0.1, -0.05) is 42.0 Å². The Morgan fingerprint density at radius 1 is 0.947 bits per heavy atom. The van der Waals surface area contributed by atoms with Gasteiger partial charge < -0.3 is 4.98 Å². The summed E-state index contributed by atoms with van der Waals surface area (Å²) in [7, 11) is 0. The van der Waals surface area contributed by atoms with Crippen LogP contribution >= 0.6 is 0 Å². The fraction of sp³-hybridized carbons (Fsp3) is 0.118. The van der Waals surface area contributed by atoms with E-state index in [1.165, 1.54) is 5.56 Å². The van der Waals surface area contributed by atoms with E-state index in [1.54, 1.807) is 6.07 Å². The summed E-state index contributed by atoms with van der Waals surface area (Å²) < 4.78 is 0. The Bertz CT molecular complexity index is 801. The minimum atomic E-state index is -0.0571. The highest BCUT2D eigenvalue weighted by Crippen LogP contribution is 2.28. The van der Waals surface area contributed by atoms with Gasteiger partial charge in [0.1, 0.15) is 0 Å². The standard InChI is InChI=1S/C17H15NO/c1-11-8-12(2)17-15(9-11)14(10-16(19)18-17)13-6-4-3-5-7-13/h3-10H,1-2H3,(H,18,19). The molecule has 0 atom stereocenters. The second-order valence-electron chi connectivity index (χ2n) is 4.92. The van der Waals surface area contributed by atoms with Crippen molar-refractivity contribution < 1.29 is 0 Å². The van der Waals surface area contributed by atoms with Crippen molar-refractivity contribution in [3.8, 4) is 11.1 Å². The van der Waals surface area contributed by atoms with E-state index in [0.717, 1.165) is 27.6 Å². The third-order valence-electron chi connectivity index (χ3n) is 3.38. The molecule has 0 amide bonds. The van der Waals surface area contributed by atoms with Gasteiger partial charge in [0.25, 0.3) is 0 Å². The lowest BCUT2D eigenvalue weighted by Crippen LogP contribution is -2.06. The van der Waals surface area contributed by atoms with E-state index in [1.807, 2.05) is 37.3 Å². The Hall–Kier alpha value is -2.35. The van der Waals surface area contributed by atoms with Crippen molar-refractivity contribution in [2.24, 2.45) is 0 Å². The third kappa shape index (κ3) is 2.06. The van der Waals surface area contributed by atoms with E-state index in [0.29, 0.717) is 0 Å². The Balaban J connectivity index is 2.45. The molecule has 0 aliphatic rings. The summed E-state index contributed by atoms with van der Waals surface area (Å²) >= 11 is 0. The average molecular weight is 249 g/mol. The first kappa shape index (κ1) is 11.7. The maximum Gasteiger partial charge on any atom is 0.249 e. The fourth-order valence-corrected chi connectivity index (χ4v) is 2.57. The molecule has 0 aliphatic carbocycles. The zero-order valence-electron chi connectivity index (χ0n) is 11.0. The zero-order valence-corrected chi connectivity index (χ0v) is 11.0. The summed E-state index contributed by atoms with van der Waals surface area (Å²) in [5.41, 5.74) is 5.24. The molecule has 0 spiro atoms. The second-order valence-corrected chi connectivity index (χ2v) is 4.92. The molecule has 3 aromatic rings. The lowest BCUT2D eigenvalue weighted by Gasteiger charge is -2.09. The molecule has 2 nitrogen and oxygen atoms in total. The van der Waals surface area contributed by atoms with Gasteiger partial charge in [0, 0.05) is 11.5 Å². The first-order valence-corrected chi connectivity index (χ1v) is 6.35. The van der Waals surface area contributed by atoms with E-state index >= 15 is 0 Å². The molecule has 0 saturated heterocycles. The van der Waals surface area contributed by atoms with Crippen LogP contribution in [-0.4, -0.2) is 4.98 Å². The van der Waals surface area contributed by atoms with Gasteiger partial charge in [-0.2, -0.15) is 0 Å². The molecule has 3 rings (SSSR count). The maximum atomic E-state index is 11.9. The molecule has 1 aromatic heterocycles. The normalized spacial score (nSPS) is 10.8. The highest BCUT2D eigenvalue weighted by Gasteiger charge is 2.08. The van der Waals surface area contributed by atoms with Crippen LogP contribution in [0, 0.1) is 13.8 Å².